The fraction of sp³-hybridized carbons (Fsp3) is 0.250. The molecule has 0 saturated carbocycles. The Kier molecular flexibility index (Phi) is 1.70. The highest BCUT2D eigenvalue weighted by Crippen LogP contribution is 2.22. The normalized spacial score (nSPS) is 30.9. The predicted molar refractivity (Wildman–Crippen MR) is 42.4 cm³/mol. The first-order chi connectivity index (χ1) is 6.61. The zero-order valence-electron chi connectivity index (χ0n) is 6.94. The Morgan fingerprint density at radius 1 is 1.00 bits per heavy atom. The number of rotatable bonds is 0. The molecule has 1 aliphatic heterocycles. The lowest BCUT2D eigenvalue weighted by Gasteiger charge is -2.28. The monoisotopic (exact) mass is 194 g/mol. The van der Waals surface area contributed by atoms with E-state index in [-0.39, 0.29) is 0 Å². The van der Waals surface area contributed by atoms with E-state index in [0.717, 1.165) is 6.08 Å². The van der Waals surface area contributed by atoms with E-state index >= 15 is 0 Å². The third kappa shape index (κ3) is 1.04. The summed E-state index contributed by atoms with van der Waals surface area (Å²) in [5, 5.41) is 0. The third-order valence-electron chi connectivity index (χ3n) is 2.23. The SMILES string of the molecule is O=C1C=CC2C(=O)NNC(=O)C2C1=O. The average Bonchev–Trinajstić information content (AvgIpc) is 2.16. The van der Waals surface area contributed by atoms with Crippen LogP contribution in [0.3, 0.4) is 0 Å². The molecule has 6 nitrogen and oxygen atoms in total. The highest BCUT2D eigenvalue weighted by atomic mass is 16.2. The molecule has 0 spiro atoms. The molecule has 2 unspecified atom stereocenters. The molecule has 2 aliphatic rings. The Bertz CT molecular complexity index is 385. The summed E-state index contributed by atoms with van der Waals surface area (Å²) in [5.41, 5.74) is 4.15. The standard InChI is InChI=1S/C8H6N2O4/c11-4-2-1-3-5(6(4)12)8(14)10-9-7(3)13/h1-3,5H,(H,9,13)(H,10,14). The quantitative estimate of drug-likeness (QED) is 0.347. The van der Waals surface area contributed by atoms with Crippen LogP contribution in [0.4, 0.5) is 0 Å². The number of hydrogen-bond donors (Lipinski definition) is 2. The predicted octanol–water partition coefficient (Wildman–Crippen LogP) is -1.91. The summed E-state index contributed by atoms with van der Waals surface area (Å²) in [5.74, 6) is -4.74. The highest BCUT2D eigenvalue weighted by Gasteiger charge is 2.45. The Morgan fingerprint density at radius 2 is 1.64 bits per heavy atom. The van der Waals surface area contributed by atoms with Crippen molar-refractivity contribution in [1.82, 2.24) is 10.9 Å². The van der Waals surface area contributed by atoms with Gasteiger partial charge in [-0.05, 0) is 6.08 Å². The molecule has 0 aromatic heterocycles. The number of carbonyl (C=O) groups excluding carboxylic acids is 4. The Labute approximate surface area is 78.3 Å². The zero-order valence-corrected chi connectivity index (χ0v) is 6.94. The molecule has 2 amide bonds. The van der Waals surface area contributed by atoms with Crippen molar-refractivity contribution in [2.45, 2.75) is 0 Å². The molecular formula is C8H6N2O4. The zero-order chi connectivity index (χ0) is 10.3. The summed E-state index contributed by atoms with van der Waals surface area (Å²) >= 11 is 0. The van der Waals surface area contributed by atoms with Crippen LogP contribution < -0.4 is 10.9 Å². The number of nitrogens with one attached hydrogen (secondary N) is 2. The maximum atomic E-state index is 11.3. The van der Waals surface area contributed by atoms with Crippen molar-refractivity contribution in [2.75, 3.05) is 0 Å². The molecular weight excluding hydrogens is 188 g/mol. The lowest BCUT2D eigenvalue weighted by atomic mass is 9.80. The molecule has 14 heavy (non-hydrogen) atoms. The maximum Gasteiger partial charge on any atom is 0.250 e. The van der Waals surface area contributed by atoms with Gasteiger partial charge in [0.05, 0.1) is 5.92 Å². The highest BCUT2D eigenvalue weighted by molar-refractivity contribution is 6.46. The summed E-state index contributed by atoms with van der Waals surface area (Å²) in [4.78, 5) is 44.6. The van der Waals surface area contributed by atoms with Gasteiger partial charge in [-0.15, -0.1) is 0 Å². The average molecular weight is 194 g/mol. The third-order valence-corrected chi connectivity index (χ3v) is 2.23. The number of carbonyl (C=O) groups is 4. The van der Waals surface area contributed by atoms with Crippen LogP contribution in [-0.2, 0) is 19.2 Å². The van der Waals surface area contributed by atoms with Gasteiger partial charge in [0.15, 0.2) is 0 Å². The number of hydrogen-bond acceptors (Lipinski definition) is 4. The molecule has 72 valence electrons. The Hall–Kier alpha value is -1.98. The lowest BCUT2D eigenvalue weighted by molar-refractivity contribution is -0.150. The molecule has 2 rings (SSSR count). The van der Waals surface area contributed by atoms with Gasteiger partial charge in [0.2, 0.25) is 17.5 Å². The molecule has 0 aromatic rings. The first-order valence-electron chi connectivity index (χ1n) is 3.97. The minimum atomic E-state index is -1.19. The van der Waals surface area contributed by atoms with Crippen LogP contribution in [-0.4, -0.2) is 23.4 Å². The first-order valence-corrected chi connectivity index (χ1v) is 3.97. The minimum absolute atomic E-state index is 0.480. The molecule has 1 aliphatic carbocycles. The fourth-order valence-corrected chi connectivity index (χ4v) is 1.51. The topological polar surface area (TPSA) is 92.3 Å². The molecule has 2 N–H and O–H groups in total. The molecule has 6 heteroatoms. The summed E-state index contributed by atoms with van der Waals surface area (Å²) in [6.07, 6.45) is 2.31. The van der Waals surface area contributed by atoms with Gasteiger partial charge in [-0.2, -0.15) is 0 Å². The second-order valence-corrected chi connectivity index (χ2v) is 3.07. The number of Topliss-reactive ketones (excluding diaryl/α,β-unsaturated/α-hetero) is 1. The first kappa shape index (κ1) is 8.61. The van der Waals surface area contributed by atoms with E-state index in [1.165, 1.54) is 6.08 Å². The van der Waals surface area contributed by atoms with Gasteiger partial charge in [-0.1, -0.05) is 6.08 Å². The van der Waals surface area contributed by atoms with Gasteiger partial charge in [-0.3, -0.25) is 30.0 Å². The van der Waals surface area contributed by atoms with E-state index in [0.29, 0.717) is 0 Å². The summed E-state index contributed by atoms with van der Waals surface area (Å²) in [6.45, 7) is 0. The van der Waals surface area contributed by atoms with E-state index in [2.05, 4.69) is 5.43 Å². The summed E-state index contributed by atoms with van der Waals surface area (Å²) < 4.78 is 0. The van der Waals surface area contributed by atoms with Crippen molar-refractivity contribution in [3.05, 3.63) is 12.2 Å². The molecule has 0 radical (unpaired) electrons. The van der Waals surface area contributed by atoms with Crippen LogP contribution in [0.5, 0.6) is 0 Å². The van der Waals surface area contributed by atoms with Gasteiger partial charge in [0, 0.05) is 0 Å². The molecule has 0 bridgehead atoms. The van der Waals surface area contributed by atoms with E-state index in [1.807, 2.05) is 5.43 Å². The van der Waals surface area contributed by atoms with Gasteiger partial charge in [0.1, 0.15) is 5.92 Å². The van der Waals surface area contributed by atoms with Gasteiger partial charge >= 0.3 is 0 Å². The Morgan fingerprint density at radius 3 is 2.36 bits per heavy atom. The lowest BCUT2D eigenvalue weighted by Crippen LogP contribution is -2.59. The summed E-state index contributed by atoms with van der Waals surface area (Å²) in [6, 6.07) is 0. The summed E-state index contributed by atoms with van der Waals surface area (Å²) in [7, 11) is 0. The smallest absolute Gasteiger partial charge is 0.250 e. The van der Waals surface area contributed by atoms with Crippen LogP contribution in [0.15, 0.2) is 12.2 Å². The van der Waals surface area contributed by atoms with Crippen LogP contribution in [0.25, 0.3) is 0 Å². The van der Waals surface area contributed by atoms with E-state index in [9.17, 15) is 19.2 Å². The number of amides is 2. The van der Waals surface area contributed by atoms with Crippen molar-refractivity contribution in [3.8, 4) is 0 Å². The van der Waals surface area contributed by atoms with Gasteiger partial charge < -0.3 is 0 Å². The number of allylic oxidation sites excluding steroid dienone is 1. The largest absolute Gasteiger partial charge is 0.290 e. The number of fused-ring (bicyclic) bond motifs is 1. The van der Waals surface area contributed by atoms with Gasteiger partial charge in [-0.25, -0.2) is 0 Å². The minimum Gasteiger partial charge on any atom is -0.290 e. The van der Waals surface area contributed by atoms with E-state index in [4.69, 9.17) is 0 Å². The molecule has 2 atom stereocenters. The maximum absolute atomic E-state index is 11.3. The van der Waals surface area contributed by atoms with Crippen LogP contribution in [0, 0.1) is 11.8 Å². The van der Waals surface area contributed by atoms with Gasteiger partial charge in [0.25, 0.3) is 5.91 Å². The molecule has 1 saturated heterocycles. The van der Waals surface area contributed by atoms with Crippen molar-refractivity contribution < 1.29 is 19.2 Å². The van der Waals surface area contributed by atoms with Crippen molar-refractivity contribution >= 4 is 23.4 Å². The van der Waals surface area contributed by atoms with Crippen molar-refractivity contribution in [1.29, 1.82) is 0 Å². The van der Waals surface area contributed by atoms with Crippen LogP contribution in [0.2, 0.25) is 0 Å². The van der Waals surface area contributed by atoms with E-state index in [1.54, 1.807) is 0 Å². The van der Waals surface area contributed by atoms with E-state index < -0.39 is 35.2 Å². The van der Waals surface area contributed by atoms with Crippen molar-refractivity contribution in [2.24, 2.45) is 11.8 Å². The second-order valence-electron chi connectivity index (χ2n) is 3.07. The number of ketones is 2. The van der Waals surface area contributed by atoms with Crippen LogP contribution >= 0.6 is 0 Å². The van der Waals surface area contributed by atoms with Crippen LogP contribution in [0.1, 0.15) is 0 Å². The van der Waals surface area contributed by atoms with Crippen molar-refractivity contribution in [3.63, 3.8) is 0 Å². The molecule has 1 fully saturated rings. The number of hydrazine groups is 1. The molecule has 1 heterocycles. The molecule has 0 aromatic carbocycles. The second kappa shape index (κ2) is 2.76. The fourth-order valence-electron chi connectivity index (χ4n) is 1.51. The Balaban J connectivity index is 2.43.